The molecule has 0 saturated carbocycles. The van der Waals surface area contributed by atoms with E-state index in [-0.39, 0.29) is 5.91 Å². The van der Waals surface area contributed by atoms with Gasteiger partial charge in [0.15, 0.2) is 0 Å². The molecule has 1 N–H and O–H groups in total. The Hall–Kier alpha value is -2.59. The predicted molar refractivity (Wildman–Crippen MR) is 141 cm³/mol. The molecule has 2 fully saturated rings. The number of morpholine rings is 1. The maximum Gasteiger partial charge on any atom is 0.254 e. The number of hydrogen-bond donors (Lipinski definition) is 1. The molecule has 3 aromatic rings. The van der Waals surface area contributed by atoms with E-state index < -0.39 is 0 Å². The summed E-state index contributed by atoms with van der Waals surface area (Å²) in [5.74, 6) is 0.746. The number of likely N-dealkylation sites (N-methyl/N-ethyl adjacent to an activating group) is 1. The van der Waals surface area contributed by atoms with Crippen molar-refractivity contribution >= 4 is 33.3 Å². The molecule has 2 saturated heterocycles. The van der Waals surface area contributed by atoms with Gasteiger partial charge in [0.2, 0.25) is 5.95 Å². The average molecular weight is 495 g/mol. The number of amides is 1. The summed E-state index contributed by atoms with van der Waals surface area (Å²) in [6.45, 7) is 11.1. The van der Waals surface area contributed by atoms with Crippen LogP contribution in [0.3, 0.4) is 0 Å². The standard InChI is InChI=1S/C26H34N6O2S/c1-19-18-28-26(27-6-3-7-31-10-8-30(2)9-11-31)29-24(19)23-16-20-4-5-21(17-22(20)35-23)25(33)32-12-14-34-15-13-32/h4-5,16-18H,3,6-15H2,1-2H3,(H,27,28,29). The monoisotopic (exact) mass is 494 g/mol. The van der Waals surface area contributed by atoms with Crippen LogP contribution >= 0.6 is 11.3 Å². The van der Waals surface area contributed by atoms with E-state index >= 15 is 0 Å². The minimum Gasteiger partial charge on any atom is -0.378 e. The lowest BCUT2D eigenvalue weighted by Crippen LogP contribution is -2.44. The molecule has 9 heteroatoms. The number of ether oxygens (including phenoxy) is 1. The quantitative estimate of drug-likeness (QED) is 0.506. The van der Waals surface area contributed by atoms with Crippen molar-refractivity contribution in [3.63, 3.8) is 0 Å². The number of carbonyl (C=O) groups excluding carboxylic acids is 1. The van der Waals surface area contributed by atoms with E-state index in [1.165, 1.54) is 0 Å². The number of fused-ring (bicyclic) bond motifs is 1. The number of benzene rings is 1. The highest BCUT2D eigenvalue weighted by molar-refractivity contribution is 7.22. The van der Waals surface area contributed by atoms with Crippen LogP contribution in [0.1, 0.15) is 22.3 Å². The fraction of sp³-hybridized carbons (Fsp3) is 0.500. The van der Waals surface area contributed by atoms with E-state index in [1.807, 2.05) is 36.2 Å². The van der Waals surface area contributed by atoms with Gasteiger partial charge in [0.1, 0.15) is 0 Å². The van der Waals surface area contributed by atoms with Crippen LogP contribution in [0, 0.1) is 6.92 Å². The molecule has 35 heavy (non-hydrogen) atoms. The van der Waals surface area contributed by atoms with E-state index in [0.717, 1.165) is 77.5 Å². The highest BCUT2D eigenvalue weighted by Gasteiger charge is 2.19. The zero-order valence-corrected chi connectivity index (χ0v) is 21.4. The number of aryl methyl sites for hydroxylation is 1. The average Bonchev–Trinajstić information content (AvgIpc) is 3.32. The maximum atomic E-state index is 12.9. The molecule has 0 spiro atoms. The van der Waals surface area contributed by atoms with Gasteiger partial charge in [0, 0.05) is 62.3 Å². The second kappa shape index (κ2) is 11.0. The van der Waals surface area contributed by atoms with E-state index in [9.17, 15) is 4.79 Å². The van der Waals surface area contributed by atoms with Crippen LogP contribution in [0.5, 0.6) is 0 Å². The normalized spacial score (nSPS) is 17.7. The Labute approximate surface area is 210 Å². The minimum atomic E-state index is 0.0754. The third kappa shape index (κ3) is 5.81. The lowest BCUT2D eigenvalue weighted by Gasteiger charge is -2.32. The lowest BCUT2D eigenvalue weighted by molar-refractivity contribution is 0.0303. The van der Waals surface area contributed by atoms with Crippen molar-refractivity contribution in [3.8, 4) is 10.6 Å². The van der Waals surface area contributed by atoms with Gasteiger partial charge in [-0.05, 0) is 56.1 Å². The number of hydrogen-bond acceptors (Lipinski definition) is 8. The van der Waals surface area contributed by atoms with Gasteiger partial charge in [0.05, 0.1) is 23.8 Å². The molecule has 5 rings (SSSR count). The molecular weight excluding hydrogens is 460 g/mol. The van der Waals surface area contributed by atoms with Gasteiger partial charge in [-0.1, -0.05) is 6.07 Å². The predicted octanol–water partition coefficient (Wildman–Crippen LogP) is 3.19. The Morgan fingerprint density at radius 3 is 2.71 bits per heavy atom. The number of aromatic nitrogens is 2. The summed E-state index contributed by atoms with van der Waals surface area (Å²) in [6.07, 6.45) is 2.96. The van der Waals surface area contributed by atoms with Gasteiger partial charge in [-0.25, -0.2) is 9.97 Å². The van der Waals surface area contributed by atoms with Crippen LogP contribution < -0.4 is 5.32 Å². The highest BCUT2D eigenvalue weighted by atomic mass is 32.1. The summed E-state index contributed by atoms with van der Waals surface area (Å²) in [6, 6.07) is 8.14. The van der Waals surface area contributed by atoms with Crippen LogP contribution in [0.25, 0.3) is 20.7 Å². The van der Waals surface area contributed by atoms with Gasteiger partial charge < -0.3 is 24.8 Å². The lowest BCUT2D eigenvalue weighted by atomic mass is 10.1. The van der Waals surface area contributed by atoms with Crippen molar-refractivity contribution in [1.29, 1.82) is 0 Å². The van der Waals surface area contributed by atoms with E-state index in [0.29, 0.717) is 32.3 Å². The maximum absolute atomic E-state index is 12.9. The number of rotatable bonds is 7. The summed E-state index contributed by atoms with van der Waals surface area (Å²) < 4.78 is 6.47. The Kier molecular flexibility index (Phi) is 7.57. The Morgan fingerprint density at radius 2 is 1.91 bits per heavy atom. The smallest absolute Gasteiger partial charge is 0.254 e. The molecule has 0 atom stereocenters. The van der Waals surface area contributed by atoms with Crippen LogP contribution in [0.2, 0.25) is 0 Å². The van der Waals surface area contributed by atoms with Crippen LogP contribution in [0.4, 0.5) is 5.95 Å². The van der Waals surface area contributed by atoms with Gasteiger partial charge in [-0.2, -0.15) is 0 Å². The topological polar surface area (TPSA) is 73.8 Å². The van der Waals surface area contributed by atoms with Crippen LogP contribution in [0.15, 0.2) is 30.5 Å². The Balaban J connectivity index is 1.24. The van der Waals surface area contributed by atoms with E-state index in [4.69, 9.17) is 9.72 Å². The van der Waals surface area contributed by atoms with Crippen molar-refractivity contribution < 1.29 is 9.53 Å². The molecule has 1 aromatic carbocycles. The molecule has 2 aliphatic rings. The molecule has 4 heterocycles. The van der Waals surface area contributed by atoms with Crippen molar-refractivity contribution in [2.45, 2.75) is 13.3 Å². The van der Waals surface area contributed by atoms with Gasteiger partial charge >= 0.3 is 0 Å². The fourth-order valence-corrected chi connectivity index (χ4v) is 5.74. The molecule has 2 aliphatic heterocycles. The van der Waals surface area contributed by atoms with Gasteiger partial charge in [0.25, 0.3) is 5.91 Å². The first-order valence-corrected chi connectivity index (χ1v) is 13.3. The van der Waals surface area contributed by atoms with Crippen molar-refractivity contribution in [2.24, 2.45) is 0 Å². The van der Waals surface area contributed by atoms with E-state index in [2.05, 4.69) is 33.2 Å². The third-order valence-electron chi connectivity index (χ3n) is 6.80. The van der Waals surface area contributed by atoms with Crippen molar-refractivity contribution in [3.05, 3.63) is 41.6 Å². The van der Waals surface area contributed by atoms with Crippen molar-refractivity contribution in [2.75, 3.05) is 77.9 Å². The summed E-state index contributed by atoms with van der Waals surface area (Å²) >= 11 is 1.67. The number of nitrogens with zero attached hydrogens (tertiary/aromatic N) is 5. The number of carbonyl (C=O) groups is 1. The van der Waals surface area contributed by atoms with Crippen LogP contribution in [-0.4, -0.2) is 103 Å². The molecule has 2 aromatic heterocycles. The molecule has 0 unspecified atom stereocenters. The molecule has 8 nitrogen and oxygen atoms in total. The SMILES string of the molecule is Cc1cnc(NCCCN2CCN(C)CC2)nc1-c1cc2ccc(C(=O)N3CCOCC3)cc2s1. The summed E-state index contributed by atoms with van der Waals surface area (Å²) in [5.41, 5.74) is 2.72. The first-order chi connectivity index (χ1) is 17.1. The molecule has 0 radical (unpaired) electrons. The van der Waals surface area contributed by atoms with Gasteiger partial charge in [-0.15, -0.1) is 11.3 Å². The molecule has 1 amide bonds. The second-order valence-electron chi connectivity index (χ2n) is 9.42. The number of piperazine rings is 1. The number of anilines is 1. The summed E-state index contributed by atoms with van der Waals surface area (Å²) in [7, 11) is 2.19. The Bertz CT molecular complexity index is 1170. The minimum absolute atomic E-state index is 0.0754. The highest BCUT2D eigenvalue weighted by Crippen LogP contribution is 2.35. The second-order valence-corrected chi connectivity index (χ2v) is 10.5. The first kappa shape index (κ1) is 24.1. The molecule has 0 bridgehead atoms. The van der Waals surface area contributed by atoms with E-state index in [1.54, 1.807) is 11.3 Å². The first-order valence-electron chi connectivity index (χ1n) is 12.5. The molecular formula is C26H34N6O2S. The largest absolute Gasteiger partial charge is 0.378 e. The Morgan fingerprint density at radius 1 is 1.11 bits per heavy atom. The van der Waals surface area contributed by atoms with Gasteiger partial charge in [-0.3, -0.25) is 4.79 Å². The fourth-order valence-electron chi connectivity index (χ4n) is 4.58. The summed E-state index contributed by atoms with van der Waals surface area (Å²) in [4.78, 5) is 30.1. The zero-order valence-electron chi connectivity index (χ0n) is 20.6. The summed E-state index contributed by atoms with van der Waals surface area (Å²) in [5, 5.41) is 4.54. The van der Waals surface area contributed by atoms with Crippen LogP contribution in [-0.2, 0) is 4.74 Å². The molecule has 186 valence electrons. The molecule has 0 aliphatic carbocycles. The van der Waals surface area contributed by atoms with Crippen molar-refractivity contribution in [1.82, 2.24) is 24.7 Å². The third-order valence-corrected chi connectivity index (χ3v) is 7.91. The number of thiophene rings is 1. The zero-order chi connectivity index (χ0) is 24.2. The number of nitrogens with one attached hydrogen (secondary N) is 1.